The van der Waals surface area contributed by atoms with E-state index < -0.39 is 0 Å². The van der Waals surface area contributed by atoms with Crippen molar-refractivity contribution in [3.8, 4) is 0 Å². The Hall–Kier alpha value is -0.960. The largest absolute Gasteiger partial charge is 0.352 e. The molecule has 1 saturated carbocycles. The summed E-state index contributed by atoms with van der Waals surface area (Å²) in [4.78, 5) is 12.8. The van der Waals surface area contributed by atoms with Crippen molar-refractivity contribution in [1.29, 1.82) is 0 Å². The first-order valence-electron chi connectivity index (χ1n) is 6.34. The summed E-state index contributed by atoms with van der Waals surface area (Å²) in [6, 6.07) is 7.29. The summed E-state index contributed by atoms with van der Waals surface area (Å²) < 4.78 is 0. The quantitative estimate of drug-likeness (QED) is 0.804. The van der Waals surface area contributed by atoms with Crippen LogP contribution in [0.25, 0.3) is 0 Å². The zero-order valence-corrected chi connectivity index (χ0v) is 12.3. The van der Waals surface area contributed by atoms with Crippen molar-refractivity contribution in [2.75, 3.05) is 6.54 Å². The van der Waals surface area contributed by atoms with E-state index in [9.17, 15) is 4.79 Å². The van der Waals surface area contributed by atoms with E-state index in [1.165, 1.54) is 0 Å². The number of rotatable bonds is 3. The fourth-order valence-corrected chi connectivity index (χ4v) is 2.90. The van der Waals surface area contributed by atoms with Gasteiger partial charge < -0.3 is 5.32 Å². The van der Waals surface area contributed by atoms with Gasteiger partial charge in [0.25, 0.3) is 5.91 Å². The summed E-state index contributed by atoms with van der Waals surface area (Å²) in [6.45, 7) is 9.81. The van der Waals surface area contributed by atoms with Gasteiger partial charge >= 0.3 is 0 Å². The molecule has 1 N–H and O–H groups in total. The van der Waals surface area contributed by atoms with E-state index in [0.29, 0.717) is 22.3 Å². The highest BCUT2D eigenvalue weighted by Gasteiger charge is 2.64. The molecule has 0 aliphatic heterocycles. The minimum absolute atomic E-state index is 0.00170. The third kappa shape index (κ3) is 2.16. The molecule has 2 rings (SSSR count). The number of hydrogen-bond donors (Lipinski definition) is 2. The molecule has 0 spiro atoms. The number of nitrogens with one attached hydrogen (secondary N) is 1. The molecule has 1 aliphatic carbocycles. The summed E-state index contributed by atoms with van der Waals surface area (Å²) in [5.74, 6) is 0.555. The van der Waals surface area contributed by atoms with Crippen LogP contribution in [0.3, 0.4) is 0 Å². The summed E-state index contributed by atoms with van der Waals surface area (Å²) in [5, 5.41) is 3.03. The molecule has 18 heavy (non-hydrogen) atoms. The number of carbonyl (C=O) groups is 1. The molecule has 1 aliphatic rings. The molecule has 0 radical (unpaired) electrons. The van der Waals surface area contributed by atoms with Gasteiger partial charge in [-0.1, -0.05) is 27.7 Å². The Balaban J connectivity index is 1.92. The van der Waals surface area contributed by atoms with Gasteiger partial charge in [-0.25, -0.2) is 0 Å². The number of carbonyl (C=O) groups excluding carboxylic acids is 1. The van der Waals surface area contributed by atoms with Crippen molar-refractivity contribution in [3.05, 3.63) is 29.8 Å². The van der Waals surface area contributed by atoms with Crippen LogP contribution >= 0.6 is 12.6 Å². The van der Waals surface area contributed by atoms with E-state index in [2.05, 4.69) is 45.6 Å². The monoisotopic (exact) mass is 263 g/mol. The number of hydrogen-bond acceptors (Lipinski definition) is 2. The van der Waals surface area contributed by atoms with Crippen LogP contribution in [0.4, 0.5) is 0 Å². The Bertz CT molecular complexity index is 448. The van der Waals surface area contributed by atoms with E-state index in [-0.39, 0.29) is 5.91 Å². The lowest BCUT2D eigenvalue weighted by atomic mass is 10.0. The molecule has 0 unspecified atom stereocenters. The molecule has 1 aromatic carbocycles. The van der Waals surface area contributed by atoms with E-state index >= 15 is 0 Å². The zero-order chi connectivity index (χ0) is 13.6. The molecule has 1 fully saturated rings. The maximum atomic E-state index is 12.0. The van der Waals surface area contributed by atoms with Crippen molar-refractivity contribution >= 4 is 18.5 Å². The van der Waals surface area contributed by atoms with Crippen molar-refractivity contribution in [1.82, 2.24) is 5.32 Å². The molecule has 1 aromatic rings. The lowest BCUT2D eigenvalue weighted by Gasteiger charge is -2.06. The van der Waals surface area contributed by atoms with E-state index in [0.717, 1.165) is 11.4 Å². The summed E-state index contributed by atoms with van der Waals surface area (Å²) in [5.41, 5.74) is 1.33. The molecule has 0 heterocycles. The minimum Gasteiger partial charge on any atom is -0.352 e. The molecule has 0 atom stereocenters. The summed E-state index contributed by atoms with van der Waals surface area (Å²) in [7, 11) is 0. The predicted molar refractivity (Wildman–Crippen MR) is 77.1 cm³/mol. The van der Waals surface area contributed by atoms with Gasteiger partial charge in [0.05, 0.1) is 0 Å². The second-order valence-corrected chi connectivity index (χ2v) is 6.77. The number of benzene rings is 1. The van der Waals surface area contributed by atoms with Crippen molar-refractivity contribution < 1.29 is 4.79 Å². The molecule has 3 heteroatoms. The molecule has 0 saturated heterocycles. The van der Waals surface area contributed by atoms with Crippen LogP contribution in [0.2, 0.25) is 0 Å². The summed E-state index contributed by atoms with van der Waals surface area (Å²) >= 11 is 4.21. The Morgan fingerprint density at radius 2 is 1.67 bits per heavy atom. The predicted octanol–water partition coefficient (Wildman–Crippen LogP) is 3.39. The van der Waals surface area contributed by atoms with E-state index in [4.69, 9.17) is 0 Å². The lowest BCUT2D eigenvalue weighted by molar-refractivity contribution is 0.0950. The molecule has 0 bridgehead atoms. The molecule has 1 amide bonds. The molecular formula is C15H21NOS. The van der Waals surface area contributed by atoms with Gasteiger partial charge in [0.1, 0.15) is 0 Å². The maximum absolute atomic E-state index is 12.0. The Morgan fingerprint density at radius 1 is 1.17 bits per heavy atom. The number of thiol groups is 1. The van der Waals surface area contributed by atoms with Crippen LogP contribution in [0.5, 0.6) is 0 Å². The standard InChI is InChI=1S/C15H21NOS/c1-14(2)12(15(14,3)4)9-16-13(17)10-5-7-11(18)8-6-10/h5-8,12,18H,9H2,1-4H3,(H,16,17). The lowest BCUT2D eigenvalue weighted by Crippen LogP contribution is -2.27. The van der Waals surface area contributed by atoms with Crippen LogP contribution < -0.4 is 5.32 Å². The average Bonchev–Trinajstić information content (AvgIpc) is 2.67. The minimum atomic E-state index is 0.00170. The van der Waals surface area contributed by atoms with Crippen LogP contribution in [0, 0.1) is 16.7 Å². The Kier molecular flexibility index (Phi) is 3.22. The molecule has 2 nitrogen and oxygen atoms in total. The van der Waals surface area contributed by atoms with E-state index in [1.807, 2.05) is 12.1 Å². The highest BCUT2D eigenvalue weighted by atomic mass is 32.1. The van der Waals surface area contributed by atoms with Gasteiger partial charge in [0.15, 0.2) is 0 Å². The van der Waals surface area contributed by atoms with E-state index in [1.54, 1.807) is 12.1 Å². The molecule has 98 valence electrons. The topological polar surface area (TPSA) is 29.1 Å². The third-order valence-electron chi connectivity index (χ3n) is 4.92. The van der Waals surface area contributed by atoms with Crippen molar-refractivity contribution in [2.45, 2.75) is 32.6 Å². The van der Waals surface area contributed by atoms with Crippen molar-refractivity contribution in [2.24, 2.45) is 16.7 Å². The second-order valence-electron chi connectivity index (χ2n) is 6.25. The van der Waals surface area contributed by atoms with Gasteiger partial charge in [-0.05, 0) is 41.0 Å². The van der Waals surface area contributed by atoms with Gasteiger partial charge in [0, 0.05) is 17.0 Å². The fraction of sp³-hybridized carbons (Fsp3) is 0.533. The third-order valence-corrected chi connectivity index (χ3v) is 5.21. The van der Waals surface area contributed by atoms with Crippen LogP contribution in [-0.2, 0) is 0 Å². The first-order valence-corrected chi connectivity index (χ1v) is 6.79. The maximum Gasteiger partial charge on any atom is 0.251 e. The average molecular weight is 263 g/mol. The highest BCUT2D eigenvalue weighted by molar-refractivity contribution is 7.80. The Morgan fingerprint density at radius 3 is 2.11 bits per heavy atom. The van der Waals surface area contributed by atoms with Crippen molar-refractivity contribution in [3.63, 3.8) is 0 Å². The van der Waals surface area contributed by atoms with Gasteiger partial charge in [-0.2, -0.15) is 0 Å². The molecule has 0 aromatic heterocycles. The fourth-order valence-electron chi connectivity index (χ4n) is 2.75. The Labute approximate surface area is 115 Å². The van der Waals surface area contributed by atoms with Gasteiger partial charge in [-0.3, -0.25) is 4.79 Å². The van der Waals surface area contributed by atoms with Gasteiger partial charge in [-0.15, -0.1) is 12.6 Å². The SMILES string of the molecule is CC1(C)C(CNC(=O)c2ccc(S)cc2)C1(C)C. The highest BCUT2D eigenvalue weighted by Crippen LogP contribution is 2.67. The smallest absolute Gasteiger partial charge is 0.251 e. The molecular weight excluding hydrogens is 242 g/mol. The number of amides is 1. The first kappa shape index (κ1) is 13.5. The van der Waals surface area contributed by atoms with Crippen LogP contribution in [0.15, 0.2) is 29.2 Å². The van der Waals surface area contributed by atoms with Crippen LogP contribution in [-0.4, -0.2) is 12.5 Å². The summed E-state index contributed by atoms with van der Waals surface area (Å²) in [6.07, 6.45) is 0. The second kappa shape index (κ2) is 4.30. The van der Waals surface area contributed by atoms with Gasteiger partial charge in [0.2, 0.25) is 0 Å². The van der Waals surface area contributed by atoms with Crippen LogP contribution in [0.1, 0.15) is 38.1 Å². The normalized spacial score (nSPS) is 20.5. The zero-order valence-electron chi connectivity index (χ0n) is 11.4. The first-order chi connectivity index (χ1) is 8.26.